The Labute approximate surface area is 78.7 Å². The maximum Gasteiger partial charge on any atom is 0.0393 e. The molecule has 0 atom stereocenters. The Morgan fingerprint density at radius 1 is 1.25 bits per heavy atom. The number of thioether (sulfide) groups is 1. The lowest BCUT2D eigenvalue weighted by Gasteiger charge is -2.22. The van der Waals surface area contributed by atoms with Crippen molar-refractivity contribution in [1.29, 1.82) is 0 Å². The van der Waals surface area contributed by atoms with E-state index in [4.69, 9.17) is 0 Å². The molecule has 0 heterocycles. The molecule has 0 spiro atoms. The highest BCUT2D eigenvalue weighted by molar-refractivity contribution is 8.02. The molecule has 64 valence electrons. The third kappa shape index (κ3) is 2.15. The van der Waals surface area contributed by atoms with Gasteiger partial charge in [-0.2, -0.15) is 0 Å². The van der Waals surface area contributed by atoms with Crippen LogP contribution in [0.2, 0.25) is 0 Å². The molecule has 0 aliphatic rings. The largest absolute Gasteiger partial charge is 0.124 e. The van der Waals surface area contributed by atoms with E-state index in [-0.39, 0.29) is 4.75 Å². The number of rotatable bonds is 3. The molecule has 0 unspecified atom stereocenters. The monoisotopic (exact) mass is 178 g/mol. The van der Waals surface area contributed by atoms with E-state index in [2.05, 4.69) is 44.7 Å². The smallest absolute Gasteiger partial charge is 0.0393 e. The summed E-state index contributed by atoms with van der Waals surface area (Å²) in [5.74, 6) is 0. The van der Waals surface area contributed by atoms with E-state index < -0.39 is 0 Å². The maximum absolute atomic E-state index is 3.73. The fourth-order valence-corrected chi connectivity index (χ4v) is 1.80. The summed E-state index contributed by atoms with van der Waals surface area (Å²) >= 11 is 1.75. The molecule has 0 aliphatic heterocycles. The zero-order valence-electron chi connectivity index (χ0n) is 7.58. The molecule has 0 radical (unpaired) electrons. The van der Waals surface area contributed by atoms with Crippen LogP contribution in [0.15, 0.2) is 42.3 Å². The molecule has 1 aromatic carbocycles. The highest BCUT2D eigenvalue weighted by Crippen LogP contribution is 2.35. The minimum atomic E-state index is 0.142. The van der Waals surface area contributed by atoms with Crippen molar-refractivity contribution in [3.05, 3.63) is 47.9 Å². The lowest BCUT2D eigenvalue weighted by molar-refractivity contribution is 0.787. The second kappa shape index (κ2) is 3.81. The van der Waals surface area contributed by atoms with E-state index in [0.29, 0.717) is 0 Å². The van der Waals surface area contributed by atoms with E-state index in [1.165, 1.54) is 5.56 Å². The molecule has 1 heteroatoms. The highest BCUT2D eigenvalue weighted by Gasteiger charge is 2.18. The third-order valence-corrected chi connectivity index (χ3v) is 2.84. The van der Waals surface area contributed by atoms with Crippen molar-refractivity contribution in [3.8, 4) is 0 Å². The van der Waals surface area contributed by atoms with E-state index in [9.17, 15) is 0 Å². The molecule has 0 amide bonds. The van der Waals surface area contributed by atoms with E-state index in [1.807, 2.05) is 11.5 Å². The van der Waals surface area contributed by atoms with Gasteiger partial charge in [0.15, 0.2) is 0 Å². The van der Waals surface area contributed by atoms with Crippen LogP contribution in [0.1, 0.15) is 19.4 Å². The van der Waals surface area contributed by atoms with Crippen LogP contribution < -0.4 is 0 Å². The van der Waals surface area contributed by atoms with Crippen LogP contribution in [0.5, 0.6) is 0 Å². The molecule has 0 aliphatic carbocycles. The van der Waals surface area contributed by atoms with Crippen molar-refractivity contribution < 1.29 is 0 Å². The number of hydrogen-bond acceptors (Lipinski definition) is 1. The predicted octanol–water partition coefficient (Wildman–Crippen LogP) is 3.80. The Bertz CT molecular complexity index is 249. The second-order valence-corrected chi connectivity index (χ2v) is 4.75. The fourth-order valence-electron chi connectivity index (χ4n) is 1.12. The minimum absolute atomic E-state index is 0.142. The Balaban J connectivity index is 2.89. The molecule has 0 saturated heterocycles. The fraction of sp³-hybridized carbons (Fsp3) is 0.273. The summed E-state index contributed by atoms with van der Waals surface area (Å²) in [6.07, 6.45) is 0. The van der Waals surface area contributed by atoms with Crippen molar-refractivity contribution >= 4 is 11.8 Å². The first kappa shape index (κ1) is 9.40. The maximum atomic E-state index is 3.73. The van der Waals surface area contributed by atoms with Crippen LogP contribution in [0.25, 0.3) is 0 Å². The van der Waals surface area contributed by atoms with Crippen molar-refractivity contribution in [2.45, 2.75) is 18.6 Å². The number of benzene rings is 1. The Hall–Kier alpha value is -0.690. The van der Waals surface area contributed by atoms with Gasteiger partial charge in [-0.3, -0.25) is 0 Å². The molecule has 0 bridgehead atoms. The van der Waals surface area contributed by atoms with Gasteiger partial charge in [-0.15, -0.1) is 11.8 Å². The zero-order chi connectivity index (χ0) is 9.03. The Morgan fingerprint density at radius 2 is 1.83 bits per heavy atom. The SMILES string of the molecule is C=CSC(C)(C)c1ccccc1. The summed E-state index contributed by atoms with van der Waals surface area (Å²) in [6, 6.07) is 10.5. The second-order valence-electron chi connectivity index (χ2n) is 3.16. The average molecular weight is 178 g/mol. The van der Waals surface area contributed by atoms with Crippen LogP contribution in [0, 0.1) is 0 Å². The standard InChI is InChI=1S/C11H14S/c1-4-12-11(2,3)10-8-6-5-7-9-10/h4-9H,1H2,2-3H3. The first-order valence-corrected chi connectivity index (χ1v) is 4.89. The zero-order valence-corrected chi connectivity index (χ0v) is 8.40. The van der Waals surface area contributed by atoms with Gasteiger partial charge < -0.3 is 0 Å². The van der Waals surface area contributed by atoms with Crippen molar-refractivity contribution in [1.82, 2.24) is 0 Å². The molecule has 0 fully saturated rings. The highest BCUT2D eigenvalue weighted by atomic mass is 32.2. The van der Waals surface area contributed by atoms with Gasteiger partial charge in [0, 0.05) is 4.75 Å². The molecule has 0 N–H and O–H groups in total. The molecule has 0 nitrogen and oxygen atoms in total. The van der Waals surface area contributed by atoms with Gasteiger partial charge in [0.05, 0.1) is 0 Å². The molecule has 0 aromatic heterocycles. The van der Waals surface area contributed by atoms with Crippen LogP contribution >= 0.6 is 11.8 Å². The quantitative estimate of drug-likeness (QED) is 0.678. The normalized spacial score (nSPS) is 11.2. The molecule has 1 aromatic rings. The Kier molecular flexibility index (Phi) is 2.99. The van der Waals surface area contributed by atoms with Gasteiger partial charge in [-0.25, -0.2) is 0 Å². The topological polar surface area (TPSA) is 0 Å². The lowest BCUT2D eigenvalue weighted by atomic mass is 10.0. The molecular formula is C11H14S. The average Bonchev–Trinajstić information content (AvgIpc) is 2.06. The molecular weight excluding hydrogens is 164 g/mol. The summed E-state index contributed by atoms with van der Waals surface area (Å²) in [6.45, 7) is 8.14. The first-order chi connectivity index (χ1) is 5.67. The summed E-state index contributed by atoms with van der Waals surface area (Å²) in [7, 11) is 0. The van der Waals surface area contributed by atoms with Gasteiger partial charge in [0.25, 0.3) is 0 Å². The van der Waals surface area contributed by atoms with Crippen LogP contribution in [-0.4, -0.2) is 0 Å². The molecule has 0 saturated carbocycles. The van der Waals surface area contributed by atoms with Gasteiger partial charge >= 0.3 is 0 Å². The summed E-state index contributed by atoms with van der Waals surface area (Å²) < 4.78 is 0.142. The Morgan fingerprint density at radius 3 is 2.33 bits per heavy atom. The van der Waals surface area contributed by atoms with Crippen molar-refractivity contribution in [2.75, 3.05) is 0 Å². The van der Waals surface area contributed by atoms with Crippen molar-refractivity contribution in [2.24, 2.45) is 0 Å². The van der Waals surface area contributed by atoms with Crippen LogP contribution in [0.4, 0.5) is 0 Å². The van der Waals surface area contributed by atoms with E-state index in [1.54, 1.807) is 11.8 Å². The van der Waals surface area contributed by atoms with Gasteiger partial charge in [0.2, 0.25) is 0 Å². The van der Waals surface area contributed by atoms with Gasteiger partial charge in [-0.1, -0.05) is 36.9 Å². The van der Waals surface area contributed by atoms with E-state index >= 15 is 0 Å². The first-order valence-electron chi connectivity index (χ1n) is 4.01. The lowest BCUT2D eigenvalue weighted by Crippen LogP contribution is -2.09. The van der Waals surface area contributed by atoms with E-state index in [0.717, 1.165) is 0 Å². The van der Waals surface area contributed by atoms with Crippen molar-refractivity contribution in [3.63, 3.8) is 0 Å². The predicted molar refractivity (Wildman–Crippen MR) is 57.3 cm³/mol. The summed E-state index contributed by atoms with van der Waals surface area (Å²) in [5, 5.41) is 1.90. The molecule has 12 heavy (non-hydrogen) atoms. The summed E-state index contributed by atoms with van der Waals surface area (Å²) in [4.78, 5) is 0. The minimum Gasteiger partial charge on any atom is -0.124 e. The molecule has 1 rings (SSSR count). The van der Waals surface area contributed by atoms with Crippen LogP contribution in [-0.2, 0) is 4.75 Å². The number of hydrogen-bond donors (Lipinski definition) is 0. The summed E-state index contributed by atoms with van der Waals surface area (Å²) in [5.41, 5.74) is 1.34. The van der Waals surface area contributed by atoms with Crippen LogP contribution in [0.3, 0.4) is 0 Å². The van der Waals surface area contributed by atoms with Gasteiger partial charge in [0.1, 0.15) is 0 Å². The van der Waals surface area contributed by atoms with Gasteiger partial charge in [-0.05, 0) is 24.8 Å². The third-order valence-electron chi connectivity index (χ3n) is 1.85.